The number of aromatic nitrogens is 2. The van der Waals surface area contributed by atoms with Crippen LogP contribution in [0.2, 0.25) is 0 Å². The molecule has 0 bridgehead atoms. The lowest BCUT2D eigenvalue weighted by Crippen LogP contribution is -2.44. The molecule has 2 rings (SSSR count). The van der Waals surface area contributed by atoms with Crippen LogP contribution in [0.4, 0.5) is 0 Å². The fourth-order valence-corrected chi connectivity index (χ4v) is 1.93. The van der Waals surface area contributed by atoms with Crippen molar-refractivity contribution in [2.75, 3.05) is 7.05 Å². The van der Waals surface area contributed by atoms with Crippen molar-refractivity contribution in [3.05, 3.63) is 40.2 Å². The normalized spacial score (nSPS) is 11.7. The van der Waals surface area contributed by atoms with Gasteiger partial charge in [0.05, 0.1) is 5.52 Å². The molecular formula is C15H19N3O2. The second-order valence-corrected chi connectivity index (χ2v) is 5.85. The van der Waals surface area contributed by atoms with E-state index in [2.05, 4.69) is 5.10 Å². The molecule has 0 unspecified atom stereocenters. The number of amides is 1. The maximum Gasteiger partial charge on any atom is 0.278 e. The molecular weight excluding hydrogens is 254 g/mol. The maximum atomic E-state index is 12.5. The van der Waals surface area contributed by atoms with Crippen LogP contribution in [0.15, 0.2) is 29.1 Å². The molecule has 0 fully saturated rings. The summed E-state index contributed by atoms with van der Waals surface area (Å²) < 4.78 is 1.57. The van der Waals surface area contributed by atoms with Gasteiger partial charge in [-0.25, -0.2) is 0 Å². The van der Waals surface area contributed by atoms with Gasteiger partial charge in [-0.05, 0) is 32.9 Å². The van der Waals surface area contributed by atoms with Crippen molar-refractivity contribution in [3.63, 3.8) is 0 Å². The predicted octanol–water partition coefficient (Wildman–Crippen LogP) is 1.80. The minimum absolute atomic E-state index is 0.0383. The third-order valence-corrected chi connectivity index (χ3v) is 3.48. The Morgan fingerprint density at radius 3 is 2.45 bits per heavy atom. The number of rotatable bonds is 1. The quantitative estimate of drug-likeness (QED) is 0.796. The zero-order chi connectivity index (χ0) is 15.1. The largest absolute Gasteiger partial charge is 0.335 e. The highest BCUT2D eigenvalue weighted by Crippen LogP contribution is 2.14. The van der Waals surface area contributed by atoms with Crippen molar-refractivity contribution >= 4 is 16.8 Å². The highest BCUT2D eigenvalue weighted by molar-refractivity contribution is 5.95. The van der Waals surface area contributed by atoms with Gasteiger partial charge in [0.15, 0.2) is 5.69 Å². The second kappa shape index (κ2) is 4.74. The number of aryl methyl sites for hydroxylation is 1. The van der Waals surface area contributed by atoms with Crippen molar-refractivity contribution < 1.29 is 4.79 Å². The zero-order valence-corrected chi connectivity index (χ0v) is 12.5. The van der Waals surface area contributed by atoms with Gasteiger partial charge >= 0.3 is 0 Å². The Morgan fingerprint density at radius 1 is 1.25 bits per heavy atom. The van der Waals surface area contributed by atoms with Gasteiger partial charge in [-0.2, -0.15) is 5.10 Å². The number of nitrogens with zero attached hydrogens (tertiary/aromatic N) is 3. The van der Waals surface area contributed by atoms with E-state index >= 15 is 0 Å². The number of carbonyl (C=O) groups excluding carboxylic acids is 1. The van der Waals surface area contributed by atoms with Gasteiger partial charge in [-0.15, -0.1) is 0 Å². The highest BCUT2D eigenvalue weighted by atomic mass is 16.2. The summed E-state index contributed by atoms with van der Waals surface area (Å²) in [6.07, 6.45) is 0. The molecule has 1 aromatic heterocycles. The van der Waals surface area contributed by atoms with Crippen LogP contribution in [-0.4, -0.2) is 33.2 Å². The Labute approximate surface area is 117 Å². The number of para-hydroxylation sites is 1. The first-order chi connectivity index (χ1) is 9.23. The monoisotopic (exact) mass is 273 g/mol. The van der Waals surface area contributed by atoms with Crippen molar-refractivity contribution in [2.45, 2.75) is 26.3 Å². The van der Waals surface area contributed by atoms with Crippen molar-refractivity contribution in [3.8, 4) is 0 Å². The minimum Gasteiger partial charge on any atom is -0.335 e. The second-order valence-electron chi connectivity index (χ2n) is 5.85. The third-order valence-electron chi connectivity index (χ3n) is 3.48. The fourth-order valence-electron chi connectivity index (χ4n) is 1.93. The first kappa shape index (κ1) is 14.2. The lowest BCUT2D eigenvalue weighted by molar-refractivity contribution is 0.0646. The van der Waals surface area contributed by atoms with Crippen LogP contribution < -0.4 is 5.43 Å². The zero-order valence-electron chi connectivity index (χ0n) is 12.5. The molecule has 0 aliphatic carbocycles. The predicted molar refractivity (Wildman–Crippen MR) is 78.8 cm³/mol. The summed E-state index contributed by atoms with van der Waals surface area (Å²) in [4.78, 5) is 26.4. The van der Waals surface area contributed by atoms with Crippen LogP contribution in [-0.2, 0) is 7.05 Å². The number of carbonyl (C=O) groups is 1. The topological polar surface area (TPSA) is 55.2 Å². The van der Waals surface area contributed by atoms with Gasteiger partial charge in [-0.3, -0.25) is 14.3 Å². The van der Waals surface area contributed by atoms with Crippen molar-refractivity contribution in [1.29, 1.82) is 0 Å². The molecule has 5 nitrogen and oxygen atoms in total. The van der Waals surface area contributed by atoms with E-state index in [0.29, 0.717) is 10.9 Å². The fraction of sp³-hybridized carbons (Fsp3) is 0.400. The summed E-state index contributed by atoms with van der Waals surface area (Å²) in [5, 5.41) is 4.66. The Kier molecular flexibility index (Phi) is 3.38. The van der Waals surface area contributed by atoms with E-state index in [9.17, 15) is 9.59 Å². The summed E-state index contributed by atoms with van der Waals surface area (Å²) in [5.41, 5.74) is -0.00835. The molecule has 0 spiro atoms. The van der Waals surface area contributed by atoms with E-state index in [4.69, 9.17) is 0 Å². The van der Waals surface area contributed by atoms with E-state index in [1.165, 1.54) is 4.90 Å². The van der Waals surface area contributed by atoms with Gasteiger partial charge in [0, 0.05) is 25.0 Å². The van der Waals surface area contributed by atoms with Crippen molar-refractivity contribution in [1.82, 2.24) is 14.7 Å². The summed E-state index contributed by atoms with van der Waals surface area (Å²) in [6.45, 7) is 5.74. The molecule has 1 aromatic carbocycles. The van der Waals surface area contributed by atoms with Gasteiger partial charge in [0.25, 0.3) is 5.91 Å². The Morgan fingerprint density at radius 2 is 1.85 bits per heavy atom. The molecule has 5 heteroatoms. The molecule has 2 aromatic rings. The molecule has 0 aliphatic rings. The lowest BCUT2D eigenvalue weighted by atomic mass is 10.1. The smallest absolute Gasteiger partial charge is 0.278 e. The summed E-state index contributed by atoms with van der Waals surface area (Å²) >= 11 is 0. The number of hydrogen-bond donors (Lipinski definition) is 0. The summed E-state index contributed by atoms with van der Waals surface area (Å²) in [5.74, 6) is -0.358. The van der Waals surface area contributed by atoms with Crippen LogP contribution in [0.25, 0.3) is 10.9 Å². The molecule has 0 atom stereocenters. The molecule has 0 radical (unpaired) electrons. The summed E-state index contributed by atoms with van der Waals surface area (Å²) in [6, 6.07) is 7.15. The number of benzene rings is 1. The van der Waals surface area contributed by atoms with Crippen LogP contribution >= 0.6 is 0 Å². The van der Waals surface area contributed by atoms with E-state index in [-0.39, 0.29) is 22.6 Å². The average molecular weight is 273 g/mol. The highest BCUT2D eigenvalue weighted by Gasteiger charge is 2.27. The standard InChI is InChI=1S/C15H19N3O2/c1-15(2,3)17(4)14(20)12-13(19)10-8-6-7-9-11(10)18(5)16-12/h6-9H,1-5H3. The maximum absolute atomic E-state index is 12.5. The summed E-state index contributed by atoms with van der Waals surface area (Å²) in [7, 11) is 3.41. The van der Waals surface area contributed by atoms with Gasteiger partial charge < -0.3 is 4.90 Å². The molecule has 106 valence electrons. The van der Waals surface area contributed by atoms with Crippen molar-refractivity contribution in [2.24, 2.45) is 7.05 Å². The number of hydrogen-bond acceptors (Lipinski definition) is 3. The first-order valence-corrected chi connectivity index (χ1v) is 6.47. The third kappa shape index (κ3) is 2.31. The lowest BCUT2D eigenvalue weighted by Gasteiger charge is -2.31. The average Bonchev–Trinajstić information content (AvgIpc) is 2.40. The van der Waals surface area contributed by atoms with E-state index < -0.39 is 0 Å². The minimum atomic E-state index is -0.366. The molecule has 0 aliphatic heterocycles. The Bertz CT molecular complexity index is 726. The molecule has 0 N–H and O–H groups in total. The van der Waals surface area contributed by atoms with Crippen LogP contribution in [0.1, 0.15) is 31.3 Å². The van der Waals surface area contributed by atoms with Gasteiger partial charge in [0.2, 0.25) is 5.43 Å². The Hall–Kier alpha value is -2.17. The number of fused-ring (bicyclic) bond motifs is 1. The first-order valence-electron chi connectivity index (χ1n) is 6.47. The molecule has 20 heavy (non-hydrogen) atoms. The van der Waals surface area contributed by atoms with Crippen LogP contribution in [0.3, 0.4) is 0 Å². The Balaban J connectivity index is 2.65. The van der Waals surface area contributed by atoms with E-state index in [0.717, 1.165) is 0 Å². The van der Waals surface area contributed by atoms with E-state index in [1.54, 1.807) is 30.9 Å². The molecule has 1 heterocycles. The van der Waals surface area contributed by atoms with Gasteiger partial charge in [0.1, 0.15) is 0 Å². The van der Waals surface area contributed by atoms with Crippen LogP contribution in [0, 0.1) is 0 Å². The van der Waals surface area contributed by atoms with Gasteiger partial charge in [-0.1, -0.05) is 12.1 Å². The van der Waals surface area contributed by atoms with E-state index in [1.807, 2.05) is 32.9 Å². The SMILES string of the molecule is CN(C(=O)c1nn(C)c2ccccc2c1=O)C(C)(C)C. The molecule has 1 amide bonds. The molecule has 0 saturated heterocycles. The molecule has 0 saturated carbocycles. The van der Waals surface area contributed by atoms with Crippen LogP contribution in [0.5, 0.6) is 0 Å².